The number of nitro benzene ring substituents is 1. The van der Waals surface area contributed by atoms with E-state index in [1.807, 2.05) is 0 Å². The Hall–Kier alpha value is -2.51. The van der Waals surface area contributed by atoms with Gasteiger partial charge in [0.2, 0.25) is 5.82 Å². The minimum absolute atomic E-state index is 0.0394. The number of nitro groups is 1. The highest BCUT2D eigenvalue weighted by Gasteiger charge is 2.17. The van der Waals surface area contributed by atoms with Gasteiger partial charge in [0.1, 0.15) is 0 Å². The second-order valence-corrected chi connectivity index (χ2v) is 3.35. The van der Waals surface area contributed by atoms with Gasteiger partial charge in [-0.25, -0.2) is 4.68 Å². The number of hydrogen-bond donors (Lipinski definition) is 1. The quantitative estimate of drug-likeness (QED) is 0.632. The number of nitrogen functional groups attached to an aromatic ring is 1. The first-order valence-corrected chi connectivity index (χ1v) is 4.65. The zero-order valence-corrected chi connectivity index (χ0v) is 8.58. The van der Waals surface area contributed by atoms with Gasteiger partial charge in [0.15, 0.2) is 5.82 Å². The summed E-state index contributed by atoms with van der Waals surface area (Å²) in [4.78, 5) is 9.77. The van der Waals surface area contributed by atoms with E-state index in [1.54, 1.807) is 0 Å². The molecule has 0 radical (unpaired) electrons. The van der Waals surface area contributed by atoms with E-state index in [9.17, 15) is 14.5 Å². The summed E-state index contributed by atoms with van der Waals surface area (Å²) >= 11 is 0. The van der Waals surface area contributed by atoms with Gasteiger partial charge in [-0.2, -0.15) is 4.39 Å². The van der Waals surface area contributed by atoms with Crippen LogP contribution in [0.25, 0.3) is 0 Å². The Labute approximate surface area is 94.8 Å². The number of anilines is 1. The maximum absolute atomic E-state index is 13.7. The Morgan fingerprint density at radius 2 is 2.29 bits per heavy atom. The molecule has 0 aliphatic rings. The molecule has 0 saturated heterocycles. The third kappa shape index (κ3) is 2.19. The summed E-state index contributed by atoms with van der Waals surface area (Å²) in [5.74, 6) is -0.664. The highest BCUT2D eigenvalue weighted by Crippen LogP contribution is 2.20. The van der Waals surface area contributed by atoms with Crippen molar-refractivity contribution in [1.82, 2.24) is 15.0 Å². The smallest absolute Gasteiger partial charge is 0.305 e. The van der Waals surface area contributed by atoms with E-state index in [-0.39, 0.29) is 17.9 Å². The highest BCUT2D eigenvalue weighted by molar-refractivity contribution is 5.37. The number of halogens is 1. The lowest BCUT2D eigenvalue weighted by Crippen LogP contribution is -2.04. The second-order valence-electron chi connectivity index (χ2n) is 3.35. The Bertz CT molecular complexity index is 568. The Morgan fingerprint density at radius 1 is 1.53 bits per heavy atom. The van der Waals surface area contributed by atoms with Crippen molar-refractivity contribution in [3.63, 3.8) is 0 Å². The van der Waals surface area contributed by atoms with E-state index in [4.69, 9.17) is 5.73 Å². The molecule has 2 rings (SSSR count). The van der Waals surface area contributed by atoms with Crippen LogP contribution < -0.4 is 5.73 Å². The molecule has 7 nitrogen and oxygen atoms in total. The van der Waals surface area contributed by atoms with Crippen molar-refractivity contribution in [2.75, 3.05) is 5.73 Å². The van der Waals surface area contributed by atoms with Crippen LogP contribution in [0.5, 0.6) is 0 Å². The van der Waals surface area contributed by atoms with E-state index in [1.165, 1.54) is 23.0 Å². The van der Waals surface area contributed by atoms with E-state index in [0.717, 1.165) is 6.07 Å². The average Bonchev–Trinajstić information content (AvgIpc) is 2.67. The number of aromatic nitrogens is 3. The van der Waals surface area contributed by atoms with E-state index >= 15 is 0 Å². The summed E-state index contributed by atoms with van der Waals surface area (Å²) in [6, 6.07) is 3.96. The van der Waals surface area contributed by atoms with Crippen LogP contribution >= 0.6 is 0 Å². The van der Waals surface area contributed by atoms with Crippen LogP contribution in [-0.2, 0) is 6.54 Å². The van der Waals surface area contributed by atoms with Crippen molar-refractivity contribution in [2.45, 2.75) is 6.54 Å². The molecule has 2 aromatic rings. The highest BCUT2D eigenvalue weighted by atomic mass is 19.1. The molecule has 0 spiro atoms. The fourth-order valence-corrected chi connectivity index (χ4v) is 1.39. The van der Waals surface area contributed by atoms with Crippen LogP contribution in [0.2, 0.25) is 0 Å². The summed E-state index contributed by atoms with van der Waals surface area (Å²) < 4.78 is 15.0. The van der Waals surface area contributed by atoms with Gasteiger partial charge >= 0.3 is 5.69 Å². The summed E-state index contributed by atoms with van der Waals surface area (Å²) in [5.41, 5.74) is 4.95. The maximum atomic E-state index is 13.7. The van der Waals surface area contributed by atoms with Gasteiger partial charge in [-0.05, 0) is 0 Å². The molecular formula is C9H8FN5O2. The van der Waals surface area contributed by atoms with Gasteiger partial charge < -0.3 is 5.73 Å². The molecule has 8 heteroatoms. The first-order chi connectivity index (χ1) is 8.08. The predicted molar refractivity (Wildman–Crippen MR) is 56.6 cm³/mol. The second kappa shape index (κ2) is 4.16. The minimum Gasteiger partial charge on any atom is -0.381 e. The fourth-order valence-electron chi connectivity index (χ4n) is 1.39. The van der Waals surface area contributed by atoms with Gasteiger partial charge in [-0.15, -0.1) is 5.10 Å². The Kier molecular flexibility index (Phi) is 2.69. The van der Waals surface area contributed by atoms with Gasteiger partial charge in [0, 0.05) is 11.6 Å². The topological polar surface area (TPSA) is 99.9 Å². The summed E-state index contributed by atoms with van der Waals surface area (Å²) in [5, 5.41) is 17.7. The number of rotatable bonds is 3. The van der Waals surface area contributed by atoms with Gasteiger partial charge in [-0.3, -0.25) is 10.1 Å². The number of nitrogens with zero attached hydrogens (tertiary/aromatic N) is 4. The maximum Gasteiger partial charge on any atom is 0.305 e. The molecule has 88 valence electrons. The van der Waals surface area contributed by atoms with Crippen LogP contribution in [-0.4, -0.2) is 19.9 Å². The molecule has 1 aromatic carbocycles. The van der Waals surface area contributed by atoms with Crippen molar-refractivity contribution in [1.29, 1.82) is 0 Å². The fraction of sp³-hybridized carbons (Fsp3) is 0.111. The third-order valence-electron chi connectivity index (χ3n) is 2.14. The molecule has 0 saturated carbocycles. The molecule has 0 bridgehead atoms. The summed E-state index contributed by atoms with van der Waals surface area (Å²) in [6.07, 6.45) is 1.41. The lowest BCUT2D eigenvalue weighted by molar-refractivity contribution is -0.387. The van der Waals surface area contributed by atoms with Crippen molar-refractivity contribution in [2.24, 2.45) is 0 Å². The summed E-state index contributed by atoms with van der Waals surface area (Å²) in [6.45, 7) is 0.0394. The van der Waals surface area contributed by atoms with E-state index in [0.29, 0.717) is 0 Å². The molecule has 17 heavy (non-hydrogen) atoms. The number of nitrogens with two attached hydrogens (primary N) is 1. The normalized spacial score (nSPS) is 10.4. The lowest BCUT2D eigenvalue weighted by Gasteiger charge is -2.02. The van der Waals surface area contributed by atoms with E-state index in [2.05, 4.69) is 10.3 Å². The van der Waals surface area contributed by atoms with E-state index < -0.39 is 16.4 Å². The molecular weight excluding hydrogens is 229 g/mol. The monoisotopic (exact) mass is 237 g/mol. The molecule has 0 amide bonds. The molecule has 1 heterocycles. The number of hydrogen-bond acceptors (Lipinski definition) is 5. The van der Waals surface area contributed by atoms with Crippen molar-refractivity contribution in [3.05, 3.63) is 45.9 Å². The largest absolute Gasteiger partial charge is 0.381 e. The Morgan fingerprint density at radius 3 is 2.88 bits per heavy atom. The van der Waals surface area contributed by atoms with Crippen LogP contribution in [0.3, 0.4) is 0 Å². The standard InChI is InChI=1S/C9H8FN5O2/c10-9-6(2-1-3-7(9)15(16)17)4-14-5-8(11)12-13-14/h1-3,5H,4,11H2. The molecule has 0 unspecified atom stereocenters. The summed E-state index contributed by atoms with van der Waals surface area (Å²) in [7, 11) is 0. The predicted octanol–water partition coefficient (Wildman–Crippen LogP) is 0.956. The molecule has 2 N–H and O–H groups in total. The number of benzene rings is 1. The van der Waals surface area contributed by atoms with Crippen molar-refractivity contribution < 1.29 is 9.31 Å². The molecule has 0 fully saturated rings. The first-order valence-electron chi connectivity index (χ1n) is 4.65. The third-order valence-corrected chi connectivity index (χ3v) is 2.14. The van der Waals surface area contributed by atoms with Gasteiger partial charge in [0.25, 0.3) is 0 Å². The zero-order chi connectivity index (χ0) is 12.4. The van der Waals surface area contributed by atoms with Crippen LogP contribution in [0.15, 0.2) is 24.4 Å². The van der Waals surface area contributed by atoms with Crippen LogP contribution in [0.1, 0.15) is 5.56 Å². The first kappa shape index (κ1) is 11.0. The van der Waals surface area contributed by atoms with Gasteiger partial charge in [0.05, 0.1) is 17.7 Å². The van der Waals surface area contributed by atoms with Gasteiger partial charge in [-0.1, -0.05) is 17.3 Å². The molecule has 0 atom stereocenters. The zero-order valence-electron chi connectivity index (χ0n) is 8.58. The molecule has 1 aromatic heterocycles. The SMILES string of the molecule is Nc1cn(Cc2cccc([N+](=O)[O-])c2F)nn1. The lowest BCUT2D eigenvalue weighted by atomic mass is 10.2. The molecule has 0 aliphatic carbocycles. The van der Waals surface area contributed by atoms with Crippen molar-refractivity contribution in [3.8, 4) is 0 Å². The van der Waals surface area contributed by atoms with Crippen LogP contribution in [0, 0.1) is 15.9 Å². The minimum atomic E-state index is -0.869. The molecule has 0 aliphatic heterocycles. The average molecular weight is 237 g/mol. The Balaban J connectivity index is 2.33. The van der Waals surface area contributed by atoms with Crippen molar-refractivity contribution >= 4 is 11.5 Å². The van der Waals surface area contributed by atoms with Crippen LogP contribution in [0.4, 0.5) is 15.9 Å².